The number of nitrogens with one attached hydrogen (secondary N) is 2. The molecule has 1 unspecified atom stereocenters. The Morgan fingerprint density at radius 3 is 2.49 bits per heavy atom. The topological polar surface area (TPSA) is 133 Å². The Bertz CT molecular complexity index is 1720. The van der Waals surface area contributed by atoms with Crippen LogP contribution in [-0.4, -0.2) is 80.4 Å². The number of benzene rings is 1. The molecule has 7 rings (SSSR count). The molecule has 0 radical (unpaired) electrons. The predicted octanol–water partition coefficient (Wildman–Crippen LogP) is 3.67. The van der Waals surface area contributed by atoms with Crippen molar-refractivity contribution in [1.82, 2.24) is 29.9 Å². The number of nitrogens with zero attached hydrogens (tertiary/aromatic N) is 6. The Labute approximate surface area is 273 Å². The van der Waals surface area contributed by atoms with Gasteiger partial charge in [-0.3, -0.25) is 28.8 Å². The van der Waals surface area contributed by atoms with Crippen molar-refractivity contribution in [3.8, 4) is 0 Å². The molecule has 0 aliphatic carbocycles. The standard InChI is InChI=1S/C35H40N8O4/c1-22-6-9-30(37-18-22)40-14-10-25(11-15-40)33(45)41-16-12-26(13-17-41)42-21-24(20-38-42)19-36-28-5-3-4-27-31(28)35(47)43(34(27)46)29-8-7-23(2)39-32(29)44/h3-6,9,18,20-21,25-26,29,36H,2,7-8,10-17,19H2,1H3,(H,39,44). The predicted molar refractivity (Wildman–Crippen MR) is 176 cm³/mol. The van der Waals surface area contributed by atoms with E-state index in [2.05, 4.69) is 44.3 Å². The number of anilines is 2. The monoisotopic (exact) mass is 636 g/mol. The van der Waals surface area contributed by atoms with Crippen LogP contribution in [0.4, 0.5) is 11.5 Å². The average molecular weight is 637 g/mol. The first kappa shape index (κ1) is 30.6. The molecule has 4 aliphatic rings. The lowest BCUT2D eigenvalue weighted by Crippen LogP contribution is -2.51. The summed E-state index contributed by atoms with van der Waals surface area (Å²) in [5.41, 5.74) is 3.80. The van der Waals surface area contributed by atoms with Crippen molar-refractivity contribution in [3.05, 3.63) is 83.5 Å². The van der Waals surface area contributed by atoms with E-state index < -0.39 is 17.9 Å². The van der Waals surface area contributed by atoms with Gasteiger partial charge >= 0.3 is 0 Å². The molecule has 0 saturated carbocycles. The summed E-state index contributed by atoms with van der Waals surface area (Å²) in [6.45, 7) is 9.35. The van der Waals surface area contributed by atoms with E-state index in [0.717, 1.165) is 60.6 Å². The van der Waals surface area contributed by atoms with Crippen LogP contribution in [-0.2, 0) is 16.1 Å². The van der Waals surface area contributed by atoms with Gasteiger partial charge in [-0.2, -0.15) is 5.10 Å². The molecule has 2 aromatic heterocycles. The average Bonchev–Trinajstić information content (AvgIpc) is 3.66. The molecule has 47 heavy (non-hydrogen) atoms. The molecule has 1 aromatic carbocycles. The molecule has 0 spiro atoms. The van der Waals surface area contributed by atoms with Crippen molar-refractivity contribution in [2.75, 3.05) is 36.4 Å². The fourth-order valence-corrected chi connectivity index (χ4v) is 7.22. The van der Waals surface area contributed by atoms with Crippen LogP contribution in [0.5, 0.6) is 0 Å². The molecule has 4 amide bonds. The normalized spacial score (nSPS) is 20.9. The fourth-order valence-electron chi connectivity index (χ4n) is 7.22. The van der Waals surface area contributed by atoms with E-state index in [1.54, 1.807) is 18.2 Å². The maximum absolute atomic E-state index is 13.4. The van der Waals surface area contributed by atoms with Crippen LogP contribution in [0.25, 0.3) is 0 Å². The summed E-state index contributed by atoms with van der Waals surface area (Å²) in [7, 11) is 0. The molecule has 1 atom stereocenters. The summed E-state index contributed by atoms with van der Waals surface area (Å²) in [5, 5.41) is 10.6. The SMILES string of the molecule is C=C1CCC(N2C(=O)c3cccc(NCc4cnn(C5CCN(C(=O)C6CCN(c7ccc(C)cn7)CC6)CC5)c4)c3C2=O)C(=O)N1. The van der Waals surface area contributed by atoms with E-state index >= 15 is 0 Å². The van der Waals surface area contributed by atoms with Gasteiger partial charge in [-0.15, -0.1) is 0 Å². The Kier molecular flexibility index (Phi) is 8.25. The molecule has 0 bridgehead atoms. The third-order valence-electron chi connectivity index (χ3n) is 9.93. The summed E-state index contributed by atoms with van der Waals surface area (Å²) in [5.74, 6) is 0.00253. The van der Waals surface area contributed by atoms with Gasteiger partial charge in [0.25, 0.3) is 11.8 Å². The van der Waals surface area contributed by atoms with E-state index in [0.29, 0.717) is 49.4 Å². The highest BCUT2D eigenvalue weighted by molar-refractivity contribution is 6.25. The quantitative estimate of drug-likeness (QED) is 0.376. The smallest absolute Gasteiger partial charge is 0.264 e. The van der Waals surface area contributed by atoms with Crippen molar-refractivity contribution >= 4 is 35.1 Å². The number of pyridine rings is 1. The van der Waals surface area contributed by atoms with E-state index in [4.69, 9.17) is 0 Å². The van der Waals surface area contributed by atoms with Gasteiger partial charge in [0.2, 0.25) is 11.8 Å². The first-order valence-corrected chi connectivity index (χ1v) is 16.5. The van der Waals surface area contributed by atoms with Gasteiger partial charge in [0, 0.05) is 68.0 Å². The zero-order chi connectivity index (χ0) is 32.7. The number of carbonyl (C=O) groups excluding carboxylic acids is 4. The lowest BCUT2D eigenvalue weighted by molar-refractivity contribution is -0.137. The molecule has 12 nitrogen and oxygen atoms in total. The highest BCUT2D eigenvalue weighted by Gasteiger charge is 2.45. The number of likely N-dealkylation sites (tertiary alicyclic amines) is 1. The zero-order valence-electron chi connectivity index (χ0n) is 26.7. The molecule has 12 heteroatoms. The first-order chi connectivity index (χ1) is 22.8. The van der Waals surface area contributed by atoms with Crippen molar-refractivity contribution < 1.29 is 19.2 Å². The second-order valence-corrected chi connectivity index (χ2v) is 13.0. The van der Waals surface area contributed by atoms with Gasteiger partial charge in [-0.1, -0.05) is 18.7 Å². The number of aromatic nitrogens is 3. The molecular weight excluding hydrogens is 596 g/mol. The third-order valence-corrected chi connectivity index (χ3v) is 9.93. The molecule has 3 fully saturated rings. The number of carbonyl (C=O) groups is 4. The van der Waals surface area contributed by atoms with E-state index in [9.17, 15) is 19.2 Å². The summed E-state index contributed by atoms with van der Waals surface area (Å²) < 4.78 is 1.98. The molecule has 3 aromatic rings. The minimum absolute atomic E-state index is 0.0594. The number of hydrogen-bond acceptors (Lipinski definition) is 8. The van der Waals surface area contributed by atoms with Crippen molar-refractivity contribution in [3.63, 3.8) is 0 Å². The maximum Gasteiger partial charge on any atom is 0.264 e. The van der Waals surface area contributed by atoms with Crippen LogP contribution in [0.15, 0.2) is 61.2 Å². The number of aryl methyl sites for hydroxylation is 1. The summed E-state index contributed by atoms with van der Waals surface area (Å²) in [6, 6.07) is 8.62. The van der Waals surface area contributed by atoms with Gasteiger partial charge < -0.3 is 20.4 Å². The number of rotatable bonds is 7. The number of amides is 4. The number of piperidine rings is 3. The van der Waals surface area contributed by atoms with Crippen LogP contribution >= 0.6 is 0 Å². The molecule has 4 aliphatic heterocycles. The number of allylic oxidation sites excluding steroid dienone is 1. The Morgan fingerprint density at radius 2 is 1.77 bits per heavy atom. The van der Waals surface area contributed by atoms with Crippen molar-refractivity contribution in [2.45, 2.75) is 64.1 Å². The highest BCUT2D eigenvalue weighted by Crippen LogP contribution is 2.33. The van der Waals surface area contributed by atoms with Crippen LogP contribution in [0.1, 0.15) is 76.4 Å². The van der Waals surface area contributed by atoms with Crippen LogP contribution < -0.4 is 15.5 Å². The van der Waals surface area contributed by atoms with Crippen LogP contribution in [0.2, 0.25) is 0 Å². The van der Waals surface area contributed by atoms with Crippen LogP contribution in [0.3, 0.4) is 0 Å². The number of hydrogen-bond donors (Lipinski definition) is 2. The van der Waals surface area contributed by atoms with Crippen molar-refractivity contribution in [2.24, 2.45) is 5.92 Å². The first-order valence-electron chi connectivity index (χ1n) is 16.5. The van der Waals surface area contributed by atoms with Gasteiger partial charge in [0.15, 0.2) is 0 Å². The van der Waals surface area contributed by atoms with Gasteiger partial charge in [0.05, 0.1) is 23.4 Å². The highest BCUT2D eigenvalue weighted by atomic mass is 16.2. The molecular formula is C35H40N8O4. The van der Waals surface area contributed by atoms with E-state index in [1.807, 2.05) is 35.1 Å². The minimum Gasteiger partial charge on any atom is -0.380 e. The Hall–Kier alpha value is -5.00. The Morgan fingerprint density at radius 1 is 0.979 bits per heavy atom. The number of imide groups is 1. The molecule has 2 N–H and O–H groups in total. The Balaban J connectivity index is 0.916. The van der Waals surface area contributed by atoms with Crippen LogP contribution in [0, 0.1) is 12.8 Å². The summed E-state index contributed by atoms with van der Waals surface area (Å²) >= 11 is 0. The van der Waals surface area contributed by atoms with E-state index in [-0.39, 0.29) is 29.3 Å². The maximum atomic E-state index is 13.4. The minimum atomic E-state index is -0.852. The fraction of sp³-hybridized carbons (Fsp3) is 0.429. The number of fused-ring (bicyclic) bond motifs is 1. The van der Waals surface area contributed by atoms with Gasteiger partial charge in [-0.25, -0.2) is 4.98 Å². The lowest BCUT2D eigenvalue weighted by atomic mass is 9.93. The molecule has 6 heterocycles. The molecule has 3 saturated heterocycles. The van der Waals surface area contributed by atoms with Gasteiger partial charge in [0.1, 0.15) is 11.9 Å². The lowest BCUT2D eigenvalue weighted by Gasteiger charge is -2.37. The third kappa shape index (κ3) is 5.99. The second-order valence-electron chi connectivity index (χ2n) is 13.0. The second kappa shape index (κ2) is 12.7. The van der Waals surface area contributed by atoms with Gasteiger partial charge in [-0.05, 0) is 69.2 Å². The summed E-state index contributed by atoms with van der Waals surface area (Å²) in [4.78, 5) is 62.5. The van der Waals surface area contributed by atoms with Crippen molar-refractivity contribution in [1.29, 1.82) is 0 Å². The molecule has 244 valence electrons. The largest absolute Gasteiger partial charge is 0.380 e. The summed E-state index contributed by atoms with van der Waals surface area (Å²) in [6.07, 6.45) is 9.95. The zero-order valence-corrected chi connectivity index (χ0v) is 26.7. The van der Waals surface area contributed by atoms with E-state index in [1.165, 1.54) is 0 Å².